The fourth-order valence-corrected chi connectivity index (χ4v) is 5.91. The molecule has 0 aromatic carbocycles. The fraction of sp³-hybridized carbons (Fsp3) is 0.600. The number of hydrogen-bond acceptors (Lipinski definition) is 5. The van der Waals surface area contributed by atoms with Gasteiger partial charge in [0, 0.05) is 30.9 Å². The lowest BCUT2D eigenvalue weighted by Crippen LogP contribution is -2.47. The van der Waals surface area contributed by atoms with Crippen LogP contribution >= 0.6 is 11.3 Å². The molecule has 0 saturated carbocycles. The molecule has 1 aliphatic heterocycles. The van der Waals surface area contributed by atoms with Crippen LogP contribution in [0.5, 0.6) is 0 Å². The first kappa shape index (κ1) is 18.9. The molecule has 2 rings (SSSR count). The molecule has 7 nitrogen and oxygen atoms in total. The van der Waals surface area contributed by atoms with Crippen molar-refractivity contribution in [3.05, 3.63) is 17.0 Å². The molecule has 2 atom stereocenters. The maximum Gasteiger partial charge on any atom is 0.307 e. The summed E-state index contributed by atoms with van der Waals surface area (Å²) in [5, 5.41) is 11.8. The number of rotatable bonds is 6. The van der Waals surface area contributed by atoms with Crippen molar-refractivity contribution in [2.75, 3.05) is 13.1 Å². The molecule has 2 heterocycles. The molecule has 1 amide bonds. The summed E-state index contributed by atoms with van der Waals surface area (Å²) in [5.41, 5.74) is 0. The summed E-state index contributed by atoms with van der Waals surface area (Å²) >= 11 is 1.17. The van der Waals surface area contributed by atoms with Crippen LogP contribution < -0.4 is 5.32 Å². The van der Waals surface area contributed by atoms with E-state index in [1.807, 2.05) is 0 Å². The number of nitrogens with one attached hydrogen (secondary N) is 1. The smallest absolute Gasteiger partial charge is 0.307 e. The normalized spacial score (nSPS) is 22.2. The molecular weight excluding hydrogens is 352 g/mol. The Balaban J connectivity index is 2.12. The van der Waals surface area contributed by atoms with Gasteiger partial charge in [-0.05, 0) is 38.3 Å². The van der Waals surface area contributed by atoms with Gasteiger partial charge >= 0.3 is 5.97 Å². The van der Waals surface area contributed by atoms with Crippen molar-refractivity contribution in [1.29, 1.82) is 0 Å². The van der Waals surface area contributed by atoms with E-state index in [1.165, 1.54) is 22.6 Å². The molecule has 2 N–H and O–H groups in total. The fourth-order valence-electron chi connectivity index (χ4n) is 2.72. The highest BCUT2D eigenvalue weighted by molar-refractivity contribution is 7.91. The van der Waals surface area contributed by atoms with Gasteiger partial charge in [0.25, 0.3) is 10.0 Å². The first-order valence-corrected chi connectivity index (χ1v) is 10.0. The maximum atomic E-state index is 12.8. The van der Waals surface area contributed by atoms with Crippen LogP contribution in [0, 0.1) is 5.92 Å². The monoisotopic (exact) mass is 374 g/mol. The van der Waals surface area contributed by atoms with E-state index < -0.39 is 21.9 Å². The number of carboxylic acid groups (broad SMARTS) is 1. The summed E-state index contributed by atoms with van der Waals surface area (Å²) in [6, 6.07) is 3.08. The topological polar surface area (TPSA) is 104 Å². The summed E-state index contributed by atoms with van der Waals surface area (Å²) in [6.07, 6.45) is 1.60. The molecule has 0 aliphatic carbocycles. The van der Waals surface area contributed by atoms with Crippen molar-refractivity contribution in [2.24, 2.45) is 5.92 Å². The van der Waals surface area contributed by atoms with Crippen molar-refractivity contribution in [2.45, 2.75) is 43.4 Å². The first-order chi connectivity index (χ1) is 11.2. The number of aliphatic carboxylic acids is 1. The predicted molar refractivity (Wildman–Crippen MR) is 90.4 cm³/mol. The Morgan fingerprint density at radius 2 is 2.08 bits per heavy atom. The van der Waals surface area contributed by atoms with Crippen molar-refractivity contribution in [3.8, 4) is 0 Å². The molecule has 1 aromatic rings. The average molecular weight is 374 g/mol. The number of hydrogen-bond donors (Lipinski definition) is 2. The van der Waals surface area contributed by atoms with Crippen molar-refractivity contribution in [3.63, 3.8) is 0 Å². The average Bonchev–Trinajstić information content (AvgIpc) is 2.96. The van der Waals surface area contributed by atoms with Gasteiger partial charge in [0.05, 0.1) is 5.92 Å². The van der Waals surface area contributed by atoms with Gasteiger partial charge < -0.3 is 10.4 Å². The van der Waals surface area contributed by atoms with E-state index in [4.69, 9.17) is 0 Å². The second-order valence-electron chi connectivity index (χ2n) is 5.99. The number of carbonyl (C=O) groups is 2. The van der Waals surface area contributed by atoms with Crippen LogP contribution in [0.4, 0.5) is 0 Å². The largest absolute Gasteiger partial charge is 0.481 e. The lowest BCUT2D eigenvalue weighted by Gasteiger charge is -2.34. The summed E-state index contributed by atoms with van der Waals surface area (Å²) in [5.74, 6) is -1.74. The number of nitrogens with zero attached hydrogens (tertiary/aromatic N) is 1. The van der Waals surface area contributed by atoms with E-state index in [0.29, 0.717) is 25.8 Å². The zero-order valence-corrected chi connectivity index (χ0v) is 15.3. The van der Waals surface area contributed by atoms with Gasteiger partial charge in [-0.1, -0.05) is 0 Å². The summed E-state index contributed by atoms with van der Waals surface area (Å²) in [7, 11) is -3.70. The molecule has 1 saturated heterocycles. The van der Waals surface area contributed by atoms with Crippen LogP contribution in [0.15, 0.2) is 16.3 Å². The predicted octanol–water partition coefficient (Wildman–Crippen LogP) is 1.30. The third-order valence-electron chi connectivity index (χ3n) is 4.12. The molecule has 9 heteroatoms. The highest BCUT2D eigenvalue weighted by atomic mass is 32.2. The molecule has 0 bridgehead atoms. The summed E-state index contributed by atoms with van der Waals surface area (Å²) < 4.78 is 27.2. The molecular formula is C15H22N2O5S2. The van der Waals surface area contributed by atoms with Gasteiger partial charge in [-0.3, -0.25) is 9.59 Å². The minimum Gasteiger partial charge on any atom is -0.481 e. The maximum absolute atomic E-state index is 12.8. The lowest BCUT2D eigenvalue weighted by atomic mass is 9.96. The molecule has 1 aromatic heterocycles. The minimum atomic E-state index is -3.70. The third kappa shape index (κ3) is 4.34. The summed E-state index contributed by atoms with van der Waals surface area (Å²) in [6.45, 7) is 3.70. The Hall–Kier alpha value is -1.45. The highest BCUT2D eigenvalue weighted by Crippen LogP contribution is 2.31. The van der Waals surface area contributed by atoms with Gasteiger partial charge in [-0.15, -0.1) is 11.3 Å². The molecule has 134 valence electrons. The first-order valence-electron chi connectivity index (χ1n) is 7.79. The van der Waals surface area contributed by atoms with Crippen LogP contribution in [0.2, 0.25) is 0 Å². The van der Waals surface area contributed by atoms with Gasteiger partial charge in [0.2, 0.25) is 5.91 Å². The second-order valence-corrected chi connectivity index (χ2v) is 9.28. The SMILES string of the molecule is CC(=O)NCCc1ccc(S(=O)(=O)N2CC(C(=O)O)CCC2C)s1. The van der Waals surface area contributed by atoms with Gasteiger partial charge in [0.1, 0.15) is 4.21 Å². The van der Waals surface area contributed by atoms with E-state index in [1.54, 1.807) is 19.1 Å². The Morgan fingerprint density at radius 1 is 1.38 bits per heavy atom. The van der Waals surface area contributed by atoms with Gasteiger partial charge in [-0.25, -0.2) is 8.42 Å². The number of carboxylic acids is 1. The number of sulfonamides is 1. The number of piperidine rings is 1. The molecule has 1 fully saturated rings. The van der Waals surface area contributed by atoms with Crippen LogP contribution in [0.25, 0.3) is 0 Å². The highest BCUT2D eigenvalue weighted by Gasteiger charge is 2.38. The van der Waals surface area contributed by atoms with E-state index >= 15 is 0 Å². The number of amides is 1. The Labute approximate surface area is 145 Å². The van der Waals surface area contributed by atoms with Gasteiger partial charge in [-0.2, -0.15) is 4.31 Å². The summed E-state index contributed by atoms with van der Waals surface area (Å²) in [4.78, 5) is 22.9. The standard InChI is InChI=1S/C15H22N2O5S2/c1-10-3-4-12(15(19)20)9-17(10)24(21,22)14-6-5-13(23-14)7-8-16-11(2)18/h5-6,10,12H,3-4,7-9H2,1-2H3,(H,16,18)(H,19,20). The van der Waals surface area contributed by atoms with E-state index in [2.05, 4.69) is 5.32 Å². The van der Waals surface area contributed by atoms with Crippen LogP contribution in [0.1, 0.15) is 31.6 Å². The Kier molecular flexibility index (Phi) is 6.00. The van der Waals surface area contributed by atoms with Crippen LogP contribution in [-0.2, 0) is 26.0 Å². The third-order valence-corrected chi connectivity index (χ3v) is 7.71. The zero-order valence-electron chi connectivity index (χ0n) is 13.7. The minimum absolute atomic E-state index is 0.0119. The Morgan fingerprint density at radius 3 is 2.71 bits per heavy atom. The van der Waals surface area contributed by atoms with Crippen molar-refractivity contribution < 1.29 is 23.1 Å². The molecule has 0 radical (unpaired) electrons. The van der Waals surface area contributed by atoms with Crippen LogP contribution in [0.3, 0.4) is 0 Å². The quantitative estimate of drug-likeness (QED) is 0.781. The van der Waals surface area contributed by atoms with E-state index in [-0.39, 0.29) is 22.7 Å². The van der Waals surface area contributed by atoms with E-state index in [9.17, 15) is 23.1 Å². The van der Waals surface area contributed by atoms with Gasteiger partial charge in [0.15, 0.2) is 0 Å². The van der Waals surface area contributed by atoms with Crippen LogP contribution in [-0.4, -0.2) is 48.8 Å². The number of carbonyl (C=O) groups excluding carboxylic acids is 1. The zero-order chi connectivity index (χ0) is 17.9. The molecule has 2 unspecified atom stereocenters. The molecule has 24 heavy (non-hydrogen) atoms. The molecule has 1 aliphatic rings. The Bertz CT molecular complexity index is 713. The second kappa shape index (κ2) is 7.62. The van der Waals surface area contributed by atoms with E-state index in [0.717, 1.165) is 4.88 Å². The lowest BCUT2D eigenvalue weighted by molar-refractivity contribution is -0.143. The van der Waals surface area contributed by atoms with Crippen molar-refractivity contribution in [1.82, 2.24) is 9.62 Å². The van der Waals surface area contributed by atoms with Crippen molar-refractivity contribution >= 4 is 33.2 Å². The molecule has 0 spiro atoms. The number of thiophene rings is 1.